The van der Waals surface area contributed by atoms with Crippen LogP contribution in [0, 0.1) is 6.92 Å². The molecule has 1 N–H and O–H groups in total. The van der Waals surface area contributed by atoms with Gasteiger partial charge in [0.05, 0.1) is 23.7 Å². The molecule has 2 aromatic rings. The summed E-state index contributed by atoms with van der Waals surface area (Å²) in [7, 11) is 0. The summed E-state index contributed by atoms with van der Waals surface area (Å²) in [5, 5.41) is 3.19. The minimum absolute atomic E-state index is 0.139. The first-order valence-corrected chi connectivity index (χ1v) is 9.92. The molecule has 2 fully saturated rings. The van der Waals surface area contributed by atoms with Crippen molar-refractivity contribution in [1.82, 2.24) is 5.32 Å². The second kappa shape index (κ2) is 8.20. The van der Waals surface area contributed by atoms with E-state index in [1.54, 1.807) is 12.1 Å². The Labute approximate surface area is 174 Å². The average molecular weight is 406 g/mol. The van der Waals surface area contributed by atoms with Crippen molar-refractivity contribution in [2.24, 2.45) is 0 Å². The molecule has 1 saturated heterocycles. The summed E-state index contributed by atoms with van der Waals surface area (Å²) in [5.41, 5.74) is 2.16. The number of carbonyl (C=O) groups is 4. The lowest BCUT2D eigenvalue weighted by molar-refractivity contribution is -0.121. The fraction of sp³-hybridized carbons (Fsp3) is 0.304. The summed E-state index contributed by atoms with van der Waals surface area (Å²) in [6.07, 6.45) is 2.20. The number of aryl methyl sites for hydroxylation is 1. The zero-order valence-electron chi connectivity index (χ0n) is 16.6. The highest BCUT2D eigenvalue weighted by atomic mass is 16.5. The first-order valence-electron chi connectivity index (χ1n) is 9.92. The van der Waals surface area contributed by atoms with Gasteiger partial charge in [0.2, 0.25) is 5.91 Å². The fourth-order valence-corrected chi connectivity index (χ4v) is 3.35. The predicted octanol–water partition coefficient (Wildman–Crippen LogP) is 2.42. The SMILES string of the molecule is Cc1ccc(C(=O)COC(=O)c2ccc(N3C(=O)CC(NC4CC4)C3=O)cc2)cc1. The molecule has 4 rings (SSSR count). The lowest BCUT2D eigenvalue weighted by Crippen LogP contribution is -2.39. The number of nitrogens with zero attached hydrogens (tertiary/aromatic N) is 1. The van der Waals surface area contributed by atoms with Crippen LogP contribution in [0.1, 0.15) is 45.5 Å². The largest absolute Gasteiger partial charge is 0.454 e. The van der Waals surface area contributed by atoms with Crippen molar-refractivity contribution in [2.75, 3.05) is 11.5 Å². The summed E-state index contributed by atoms with van der Waals surface area (Å²) in [5.74, 6) is -1.47. The molecule has 1 aliphatic heterocycles. The van der Waals surface area contributed by atoms with Crippen LogP contribution in [-0.2, 0) is 14.3 Å². The molecule has 0 bridgehead atoms. The summed E-state index contributed by atoms with van der Waals surface area (Å²) in [6.45, 7) is 1.56. The van der Waals surface area contributed by atoms with Gasteiger partial charge in [0.15, 0.2) is 12.4 Å². The Hall–Kier alpha value is -3.32. The van der Waals surface area contributed by atoms with E-state index >= 15 is 0 Å². The minimum Gasteiger partial charge on any atom is -0.454 e. The van der Waals surface area contributed by atoms with Crippen LogP contribution in [0.2, 0.25) is 0 Å². The second-order valence-electron chi connectivity index (χ2n) is 7.68. The molecular formula is C23H22N2O5. The number of anilines is 1. The molecule has 0 radical (unpaired) electrons. The molecule has 0 aromatic heterocycles. The third kappa shape index (κ3) is 4.31. The number of amides is 2. The summed E-state index contributed by atoms with van der Waals surface area (Å²) in [6, 6.07) is 12.9. The number of imide groups is 1. The van der Waals surface area contributed by atoms with Crippen molar-refractivity contribution < 1.29 is 23.9 Å². The van der Waals surface area contributed by atoms with E-state index in [0.29, 0.717) is 17.3 Å². The zero-order chi connectivity index (χ0) is 21.3. The Kier molecular flexibility index (Phi) is 5.46. The molecule has 0 spiro atoms. The van der Waals surface area contributed by atoms with Crippen LogP contribution in [-0.4, -0.2) is 42.3 Å². The number of benzene rings is 2. The molecule has 1 unspecified atom stereocenters. The van der Waals surface area contributed by atoms with E-state index in [1.807, 2.05) is 19.1 Å². The number of rotatable bonds is 7. The number of ketones is 1. The van der Waals surface area contributed by atoms with Crippen molar-refractivity contribution in [2.45, 2.75) is 38.3 Å². The van der Waals surface area contributed by atoms with Gasteiger partial charge in [-0.25, -0.2) is 9.69 Å². The molecule has 1 atom stereocenters. The van der Waals surface area contributed by atoms with Crippen LogP contribution in [0.3, 0.4) is 0 Å². The van der Waals surface area contributed by atoms with Gasteiger partial charge in [-0.15, -0.1) is 0 Å². The van der Waals surface area contributed by atoms with E-state index in [1.165, 1.54) is 24.3 Å². The second-order valence-corrected chi connectivity index (χ2v) is 7.68. The molecule has 1 saturated carbocycles. The van der Waals surface area contributed by atoms with Crippen LogP contribution in [0.5, 0.6) is 0 Å². The number of carbonyl (C=O) groups excluding carboxylic acids is 4. The fourth-order valence-electron chi connectivity index (χ4n) is 3.35. The van der Waals surface area contributed by atoms with Crippen LogP contribution in [0.25, 0.3) is 0 Å². The van der Waals surface area contributed by atoms with Crippen molar-refractivity contribution in [3.63, 3.8) is 0 Å². The van der Waals surface area contributed by atoms with E-state index in [2.05, 4.69) is 5.32 Å². The number of Topliss-reactive ketones (excluding diaryl/α,β-unsaturated/α-hetero) is 1. The van der Waals surface area contributed by atoms with E-state index in [0.717, 1.165) is 23.3 Å². The van der Waals surface area contributed by atoms with E-state index in [-0.39, 0.29) is 36.2 Å². The van der Waals surface area contributed by atoms with E-state index in [9.17, 15) is 19.2 Å². The molecule has 1 aliphatic carbocycles. The van der Waals surface area contributed by atoms with Gasteiger partial charge in [0.1, 0.15) is 0 Å². The molecule has 30 heavy (non-hydrogen) atoms. The number of hydrogen-bond acceptors (Lipinski definition) is 6. The highest BCUT2D eigenvalue weighted by Gasteiger charge is 2.41. The summed E-state index contributed by atoms with van der Waals surface area (Å²) in [4.78, 5) is 50.4. The maximum absolute atomic E-state index is 12.5. The maximum atomic E-state index is 12.5. The van der Waals surface area contributed by atoms with Gasteiger partial charge in [-0.1, -0.05) is 29.8 Å². The smallest absolute Gasteiger partial charge is 0.338 e. The zero-order valence-corrected chi connectivity index (χ0v) is 16.6. The van der Waals surface area contributed by atoms with Crippen LogP contribution in [0.4, 0.5) is 5.69 Å². The van der Waals surface area contributed by atoms with Gasteiger partial charge in [-0.05, 0) is 44.0 Å². The van der Waals surface area contributed by atoms with Crippen molar-refractivity contribution in [3.05, 3.63) is 65.2 Å². The Morgan fingerprint density at radius 2 is 1.63 bits per heavy atom. The quantitative estimate of drug-likeness (QED) is 0.431. The van der Waals surface area contributed by atoms with Gasteiger partial charge >= 0.3 is 5.97 Å². The molecule has 154 valence electrons. The average Bonchev–Trinajstić information content (AvgIpc) is 3.51. The van der Waals surface area contributed by atoms with Gasteiger partial charge < -0.3 is 10.1 Å². The third-order valence-corrected chi connectivity index (χ3v) is 5.23. The van der Waals surface area contributed by atoms with Gasteiger partial charge in [0.25, 0.3) is 5.91 Å². The number of esters is 1. The normalized spacial score (nSPS) is 18.6. The lowest BCUT2D eigenvalue weighted by Gasteiger charge is -2.15. The van der Waals surface area contributed by atoms with Crippen molar-refractivity contribution in [3.8, 4) is 0 Å². The first kappa shape index (κ1) is 20.0. The van der Waals surface area contributed by atoms with Gasteiger partial charge in [-0.2, -0.15) is 0 Å². The summed E-state index contributed by atoms with van der Waals surface area (Å²) < 4.78 is 5.10. The Bertz CT molecular complexity index is 993. The highest BCUT2D eigenvalue weighted by molar-refractivity contribution is 6.22. The molecule has 2 amide bonds. The number of nitrogens with one attached hydrogen (secondary N) is 1. The summed E-state index contributed by atoms with van der Waals surface area (Å²) >= 11 is 0. The molecule has 1 heterocycles. The monoisotopic (exact) mass is 406 g/mol. The predicted molar refractivity (Wildman–Crippen MR) is 109 cm³/mol. The highest BCUT2D eigenvalue weighted by Crippen LogP contribution is 2.27. The van der Waals surface area contributed by atoms with Gasteiger partial charge in [0, 0.05) is 11.6 Å². The van der Waals surface area contributed by atoms with Crippen LogP contribution < -0.4 is 10.2 Å². The first-order chi connectivity index (χ1) is 14.4. The van der Waals surface area contributed by atoms with E-state index in [4.69, 9.17) is 4.74 Å². The number of ether oxygens (including phenoxy) is 1. The molecule has 2 aliphatic rings. The molecule has 7 heteroatoms. The lowest BCUT2D eigenvalue weighted by atomic mass is 10.1. The third-order valence-electron chi connectivity index (χ3n) is 5.23. The van der Waals surface area contributed by atoms with Gasteiger partial charge in [-0.3, -0.25) is 14.4 Å². The van der Waals surface area contributed by atoms with Crippen LogP contribution in [0.15, 0.2) is 48.5 Å². The van der Waals surface area contributed by atoms with Crippen LogP contribution >= 0.6 is 0 Å². The van der Waals surface area contributed by atoms with Crippen molar-refractivity contribution in [1.29, 1.82) is 0 Å². The topological polar surface area (TPSA) is 92.8 Å². The Morgan fingerprint density at radius 1 is 1.00 bits per heavy atom. The minimum atomic E-state index is -0.644. The Morgan fingerprint density at radius 3 is 2.27 bits per heavy atom. The Balaban J connectivity index is 1.36. The maximum Gasteiger partial charge on any atom is 0.338 e. The molecule has 2 aromatic carbocycles. The number of hydrogen-bond donors (Lipinski definition) is 1. The van der Waals surface area contributed by atoms with Crippen molar-refractivity contribution >= 4 is 29.3 Å². The standard InChI is InChI=1S/C23H22N2O5/c1-14-2-4-15(5-3-14)20(26)13-30-23(29)16-6-10-18(11-7-16)25-21(27)12-19(22(25)28)24-17-8-9-17/h2-7,10-11,17,19,24H,8-9,12-13H2,1H3. The van der Waals surface area contributed by atoms with E-state index < -0.39 is 12.0 Å². The molecular weight excluding hydrogens is 384 g/mol. The molecule has 7 nitrogen and oxygen atoms in total.